The minimum absolute atomic E-state index is 0.0649. The van der Waals surface area contributed by atoms with Crippen molar-refractivity contribution in [3.63, 3.8) is 0 Å². The summed E-state index contributed by atoms with van der Waals surface area (Å²) in [5, 5.41) is 14.4. The Kier molecular flexibility index (Phi) is 4.01. The van der Waals surface area contributed by atoms with Crippen molar-refractivity contribution >= 4 is 44.7 Å². The molecule has 0 aliphatic carbocycles. The van der Waals surface area contributed by atoms with E-state index in [2.05, 4.69) is 26.2 Å². The van der Waals surface area contributed by atoms with Crippen LogP contribution in [0.15, 0.2) is 34.9 Å². The Labute approximate surface area is 122 Å². The molecule has 0 aliphatic heterocycles. The third-order valence-electron chi connectivity index (χ3n) is 2.48. The zero-order chi connectivity index (χ0) is 14.0. The fraction of sp³-hybridized carbons (Fsp3) is 0.0833. The van der Waals surface area contributed by atoms with Gasteiger partial charge in [0.1, 0.15) is 5.82 Å². The van der Waals surface area contributed by atoms with Crippen LogP contribution in [-0.4, -0.2) is 9.91 Å². The van der Waals surface area contributed by atoms with Gasteiger partial charge in [0.05, 0.1) is 14.4 Å². The number of benzene rings is 1. The van der Waals surface area contributed by atoms with Crippen LogP contribution < -0.4 is 5.32 Å². The van der Waals surface area contributed by atoms with Crippen LogP contribution in [0.2, 0.25) is 5.02 Å². The summed E-state index contributed by atoms with van der Waals surface area (Å²) in [4.78, 5) is 14.6. The third kappa shape index (κ3) is 3.21. The first-order chi connectivity index (χ1) is 8.97. The van der Waals surface area contributed by atoms with E-state index in [-0.39, 0.29) is 5.69 Å². The maximum absolute atomic E-state index is 10.9. The van der Waals surface area contributed by atoms with Gasteiger partial charge in [0.2, 0.25) is 0 Å². The summed E-state index contributed by atoms with van der Waals surface area (Å²) in [5.74, 6) is 0.544. The number of anilines is 2. The van der Waals surface area contributed by atoms with E-state index in [0.29, 0.717) is 26.6 Å². The second kappa shape index (κ2) is 5.54. The minimum atomic E-state index is -0.412. The van der Waals surface area contributed by atoms with E-state index in [4.69, 9.17) is 11.6 Å². The van der Waals surface area contributed by atoms with E-state index >= 15 is 0 Å². The lowest BCUT2D eigenvalue weighted by molar-refractivity contribution is -0.385. The van der Waals surface area contributed by atoms with Gasteiger partial charge in [-0.1, -0.05) is 17.7 Å². The van der Waals surface area contributed by atoms with Gasteiger partial charge in [-0.15, -0.1) is 0 Å². The second-order valence-corrected chi connectivity index (χ2v) is 5.16. The summed E-state index contributed by atoms with van der Waals surface area (Å²) in [6.07, 6.45) is 1.50. The molecule has 0 saturated carbocycles. The number of nitro groups is 1. The van der Waals surface area contributed by atoms with Crippen LogP contribution in [0.1, 0.15) is 5.56 Å². The van der Waals surface area contributed by atoms with Gasteiger partial charge in [0.15, 0.2) is 0 Å². The lowest BCUT2D eigenvalue weighted by Gasteiger charge is -2.08. The van der Waals surface area contributed by atoms with E-state index in [1.807, 2.05) is 0 Å². The normalized spacial score (nSPS) is 10.3. The summed E-state index contributed by atoms with van der Waals surface area (Å²) in [5.41, 5.74) is 1.27. The molecule has 0 saturated heterocycles. The van der Waals surface area contributed by atoms with Crippen LogP contribution in [0.3, 0.4) is 0 Å². The van der Waals surface area contributed by atoms with Crippen molar-refractivity contribution in [2.24, 2.45) is 0 Å². The number of halogens is 2. The van der Waals surface area contributed by atoms with Gasteiger partial charge < -0.3 is 5.32 Å². The molecule has 2 aromatic rings. The Balaban J connectivity index is 2.33. The lowest BCUT2D eigenvalue weighted by Crippen LogP contribution is -1.97. The SMILES string of the molecule is Cc1ccc(Nc2ncc(Cl)cc2Br)cc1[N+](=O)[O-]. The molecule has 0 bridgehead atoms. The summed E-state index contributed by atoms with van der Waals surface area (Å²) >= 11 is 9.12. The zero-order valence-corrected chi connectivity index (χ0v) is 12.2. The Bertz CT molecular complexity index is 649. The summed E-state index contributed by atoms with van der Waals surface area (Å²) in [7, 11) is 0. The maximum atomic E-state index is 10.9. The number of aromatic nitrogens is 1. The lowest BCUT2D eigenvalue weighted by atomic mass is 10.2. The Morgan fingerprint density at radius 1 is 1.42 bits per heavy atom. The highest BCUT2D eigenvalue weighted by Crippen LogP contribution is 2.28. The second-order valence-electron chi connectivity index (χ2n) is 3.87. The van der Waals surface area contributed by atoms with Gasteiger partial charge in [0, 0.05) is 23.5 Å². The van der Waals surface area contributed by atoms with Crippen molar-refractivity contribution in [3.05, 3.63) is 55.6 Å². The fourth-order valence-electron chi connectivity index (χ4n) is 1.53. The molecule has 1 heterocycles. The number of aryl methyl sites for hydroxylation is 1. The standard InChI is InChI=1S/C12H9BrClN3O2/c1-7-2-3-9(5-11(7)17(18)19)16-12-10(13)4-8(14)6-15-12/h2-6H,1H3,(H,15,16). The van der Waals surface area contributed by atoms with Crippen molar-refractivity contribution in [1.82, 2.24) is 4.98 Å². The smallest absolute Gasteiger partial charge is 0.274 e. The molecule has 7 heteroatoms. The van der Waals surface area contributed by atoms with E-state index in [9.17, 15) is 10.1 Å². The average Bonchev–Trinajstić information content (AvgIpc) is 2.34. The molecule has 19 heavy (non-hydrogen) atoms. The van der Waals surface area contributed by atoms with Crippen LogP contribution >= 0.6 is 27.5 Å². The molecule has 0 spiro atoms. The molecular weight excluding hydrogens is 334 g/mol. The van der Waals surface area contributed by atoms with Crippen molar-refractivity contribution < 1.29 is 4.92 Å². The first-order valence-corrected chi connectivity index (χ1v) is 6.47. The molecule has 0 fully saturated rings. The molecule has 1 aromatic heterocycles. The first-order valence-electron chi connectivity index (χ1n) is 5.30. The predicted molar refractivity (Wildman–Crippen MR) is 78.1 cm³/mol. The number of hydrogen-bond donors (Lipinski definition) is 1. The van der Waals surface area contributed by atoms with Gasteiger partial charge in [-0.2, -0.15) is 0 Å². The largest absolute Gasteiger partial charge is 0.339 e. The number of pyridine rings is 1. The van der Waals surface area contributed by atoms with Crippen LogP contribution in [0.4, 0.5) is 17.2 Å². The molecule has 5 nitrogen and oxygen atoms in total. The maximum Gasteiger partial charge on any atom is 0.274 e. The molecule has 1 aromatic carbocycles. The molecule has 1 N–H and O–H groups in total. The molecule has 0 radical (unpaired) electrons. The Morgan fingerprint density at radius 3 is 2.79 bits per heavy atom. The number of nitrogens with one attached hydrogen (secondary N) is 1. The van der Waals surface area contributed by atoms with E-state index in [0.717, 1.165) is 0 Å². The molecular formula is C12H9BrClN3O2. The first kappa shape index (κ1) is 13.8. The van der Waals surface area contributed by atoms with Gasteiger partial charge >= 0.3 is 0 Å². The summed E-state index contributed by atoms with van der Waals surface area (Å²) in [6.45, 7) is 1.69. The Morgan fingerprint density at radius 2 is 2.16 bits per heavy atom. The average molecular weight is 343 g/mol. The van der Waals surface area contributed by atoms with Gasteiger partial charge in [-0.3, -0.25) is 10.1 Å². The highest BCUT2D eigenvalue weighted by atomic mass is 79.9. The minimum Gasteiger partial charge on any atom is -0.339 e. The van der Waals surface area contributed by atoms with Crippen molar-refractivity contribution in [3.8, 4) is 0 Å². The summed E-state index contributed by atoms with van der Waals surface area (Å²) in [6, 6.07) is 6.60. The topological polar surface area (TPSA) is 68.1 Å². The Hall–Kier alpha value is -1.66. The van der Waals surface area contributed by atoms with E-state index in [1.54, 1.807) is 25.1 Å². The fourth-order valence-corrected chi connectivity index (χ4v) is 2.26. The van der Waals surface area contributed by atoms with E-state index in [1.165, 1.54) is 12.3 Å². The van der Waals surface area contributed by atoms with Crippen molar-refractivity contribution in [2.45, 2.75) is 6.92 Å². The van der Waals surface area contributed by atoms with E-state index < -0.39 is 4.92 Å². The van der Waals surface area contributed by atoms with Gasteiger partial charge in [-0.25, -0.2) is 4.98 Å². The van der Waals surface area contributed by atoms with Crippen LogP contribution in [-0.2, 0) is 0 Å². The van der Waals surface area contributed by atoms with Crippen molar-refractivity contribution in [1.29, 1.82) is 0 Å². The van der Waals surface area contributed by atoms with Gasteiger partial charge in [-0.05, 0) is 35.0 Å². The number of nitro benzene ring substituents is 1. The number of nitrogens with zero attached hydrogens (tertiary/aromatic N) is 2. The zero-order valence-electron chi connectivity index (χ0n) is 9.85. The molecule has 0 aliphatic rings. The van der Waals surface area contributed by atoms with Crippen LogP contribution in [0.25, 0.3) is 0 Å². The van der Waals surface area contributed by atoms with Gasteiger partial charge in [0.25, 0.3) is 5.69 Å². The molecule has 0 unspecified atom stereocenters. The summed E-state index contributed by atoms with van der Waals surface area (Å²) < 4.78 is 0.684. The molecule has 2 rings (SSSR count). The van der Waals surface area contributed by atoms with Crippen LogP contribution in [0, 0.1) is 17.0 Å². The molecule has 0 atom stereocenters. The molecule has 98 valence electrons. The quantitative estimate of drug-likeness (QED) is 0.660. The highest BCUT2D eigenvalue weighted by Gasteiger charge is 2.12. The highest BCUT2D eigenvalue weighted by molar-refractivity contribution is 9.10. The van der Waals surface area contributed by atoms with Crippen molar-refractivity contribution in [2.75, 3.05) is 5.32 Å². The monoisotopic (exact) mass is 341 g/mol. The number of rotatable bonds is 3. The van der Waals surface area contributed by atoms with Crippen LogP contribution in [0.5, 0.6) is 0 Å². The number of hydrogen-bond acceptors (Lipinski definition) is 4. The third-order valence-corrected chi connectivity index (χ3v) is 3.29. The predicted octanol–water partition coefficient (Wildman–Crippen LogP) is 4.46. The molecule has 0 amide bonds.